The summed E-state index contributed by atoms with van der Waals surface area (Å²) < 4.78 is 54.3. The molecule has 0 bridgehead atoms. The number of benzene rings is 1. The number of rotatable bonds is 5. The lowest BCUT2D eigenvalue weighted by molar-refractivity contribution is 0.275. The largest absolute Gasteiger partial charge is 0.330 e. The van der Waals surface area contributed by atoms with Crippen LogP contribution in [0.2, 0.25) is 0 Å². The maximum absolute atomic E-state index is 13.5. The van der Waals surface area contributed by atoms with E-state index in [1.54, 1.807) is 0 Å². The molecular formula is C13H19F2N3O2S. The third-order valence-corrected chi connectivity index (χ3v) is 5.25. The first-order valence-electron chi connectivity index (χ1n) is 6.81. The molecule has 0 atom stereocenters. The van der Waals surface area contributed by atoms with Gasteiger partial charge in [0.15, 0.2) is 0 Å². The molecule has 5 nitrogen and oxygen atoms in total. The summed E-state index contributed by atoms with van der Waals surface area (Å²) in [7, 11) is -3.69. The van der Waals surface area contributed by atoms with Gasteiger partial charge in [0.2, 0.25) is 0 Å². The van der Waals surface area contributed by atoms with Crippen LogP contribution in [0.4, 0.5) is 8.78 Å². The van der Waals surface area contributed by atoms with Gasteiger partial charge in [-0.1, -0.05) is 0 Å². The predicted octanol–water partition coefficient (Wildman–Crippen LogP) is 0.970. The molecule has 0 amide bonds. The van der Waals surface area contributed by atoms with Gasteiger partial charge in [0.25, 0.3) is 10.2 Å². The van der Waals surface area contributed by atoms with Crippen molar-refractivity contribution in [2.75, 3.05) is 19.6 Å². The van der Waals surface area contributed by atoms with Gasteiger partial charge in [-0.05, 0) is 43.5 Å². The van der Waals surface area contributed by atoms with E-state index in [-0.39, 0.29) is 12.1 Å². The Morgan fingerprint density at radius 3 is 2.57 bits per heavy atom. The van der Waals surface area contributed by atoms with Crippen LogP contribution in [0.3, 0.4) is 0 Å². The Bertz CT molecular complexity index is 587. The van der Waals surface area contributed by atoms with Gasteiger partial charge in [0, 0.05) is 25.2 Å². The van der Waals surface area contributed by atoms with E-state index in [0.717, 1.165) is 18.2 Å². The van der Waals surface area contributed by atoms with E-state index < -0.39 is 21.8 Å². The second-order valence-electron chi connectivity index (χ2n) is 5.14. The lowest BCUT2D eigenvalue weighted by Crippen LogP contribution is -2.45. The smallest absolute Gasteiger partial charge is 0.279 e. The first kappa shape index (κ1) is 16.3. The molecule has 2 rings (SSSR count). The molecule has 1 heterocycles. The first-order chi connectivity index (χ1) is 9.92. The zero-order chi connectivity index (χ0) is 15.5. The predicted molar refractivity (Wildman–Crippen MR) is 75.5 cm³/mol. The highest BCUT2D eigenvalue weighted by atomic mass is 32.2. The number of halogens is 2. The second kappa shape index (κ2) is 6.78. The summed E-state index contributed by atoms with van der Waals surface area (Å²) >= 11 is 0. The average Bonchev–Trinajstić information content (AvgIpc) is 2.48. The SMILES string of the molecule is NCC1CCN(S(=O)(=O)NCc2cc(F)ccc2F)CC1. The number of hydrogen-bond donors (Lipinski definition) is 2. The van der Waals surface area contributed by atoms with E-state index in [4.69, 9.17) is 5.73 Å². The highest BCUT2D eigenvalue weighted by Gasteiger charge is 2.27. The van der Waals surface area contributed by atoms with Crippen LogP contribution in [0.25, 0.3) is 0 Å². The van der Waals surface area contributed by atoms with Crippen LogP contribution in [0.1, 0.15) is 18.4 Å². The van der Waals surface area contributed by atoms with Gasteiger partial charge in [-0.3, -0.25) is 0 Å². The fourth-order valence-electron chi connectivity index (χ4n) is 2.32. The van der Waals surface area contributed by atoms with Crippen molar-refractivity contribution in [1.82, 2.24) is 9.03 Å². The third-order valence-electron chi connectivity index (χ3n) is 3.70. The van der Waals surface area contributed by atoms with E-state index >= 15 is 0 Å². The maximum Gasteiger partial charge on any atom is 0.279 e. The minimum Gasteiger partial charge on any atom is -0.330 e. The van der Waals surface area contributed by atoms with E-state index in [1.165, 1.54) is 4.31 Å². The normalized spacial score (nSPS) is 18.0. The third kappa shape index (κ3) is 4.19. The Labute approximate surface area is 123 Å². The Morgan fingerprint density at radius 1 is 1.29 bits per heavy atom. The molecule has 1 aromatic carbocycles. The Kier molecular flexibility index (Phi) is 5.26. The standard InChI is InChI=1S/C13H19F2N3O2S/c14-12-1-2-13(15)11(7-12)9-17-21(19,20)18-5-3-10(8-16)4-6-18/h1-2,7,10,17H,3-6,8-9,16H2. The van der Waals surface area contributed by atoms with E-state index in [9.17, 15) is 17.2 Å². The van der Waals surface area contributed by atoms with E-state index in [2.05, 4.69) is 4.72 Å². The zero-order valence-corrected chi connectivity index (χ0v) is 12.4. The zero-order valence-electron chi connectivity index (χ0n) is 11.6. The molecule has 1 aromatic rings. The molecule has 0 aliphatic carbocycles. The monoisotopic (exact) mass is 319 g/mol. The molecule has 3 N–H and O–H groups in total. The van der Waals surface area contributed by atoms with Gasteiger partial charge in [0.1, 0.15) is 11.6 Å². The summed E-state index contributed by atoms with van der Waals surface area (Å²) in [5.74, 6) is -0.896. The minimum absolute atomic E-state index is 0.0181. The van der Waals surface area contributed by atoms with E-state index in [1.807, 2.05) is 0 Å². The number of nitrogens with zero attached hydrogens (tertiary/aromatic N) is 1. The number of piperidine rings is 1. The Morgan fingerprint density at radius 2 is 1.95 bits per heavy atom. The molecule has 8 heteroatoms. The molecule has 1 aliphatic rings. The molecule has 0 radical (unpaired) electrons. The van der Waals surface area contributed by atoms with E-state index in [0.29, 0.717) is 38.4 Å². The molecule has 0 aromatic heterocycles. The van der Waals surface area contributed by atoms with Crippen molar-refractivity contribution in [2.45, 2.75) is 19.4 Å². The Hall–Kier alpha value is -1.09. The highest BCUT2D eigenvalue weighted by Crippen LogP contribution is 2.18. The summed E-state index contributed by atoms with van der Waals surface area (Å²) in [6, 6.07) is 2.95. The van der Waals surface area contributed by atoms with Crippen LogP contribution in [-0.4, -0.2) is 32.4 Å². The van der Waals surface area contributed by atoms with Gasteiger partial charge in [-0.15, -0.1) is 0 Å². The molecular weight excluding hydrogens is 300 g/mol. The summed E-state index contributed by atoms with van der Waals surface area (Å²) in [6.07, 6.45) is 1.43. The second-order valence-corrected chi connectivity index (χ2v) is 6.90. The molecule has 0 unspecified atom stereocenters. The lowest BCUT2D eigenvalue weighted by atomic mass is 9.99. The molecule has 1 fully saturated rings. The van der Waals surface area contributed by atoms with Crippen molar-refractivity contribution >= 4 is 10.2 Å². The van der Waals surface area contributed by atoms with Crippen LogP contribution >= 0.6 is 0 Å². The fourth-order valence-corrected chi connectivity index (χ4v) is 3.54. The Balaban J connectivity index is 1.97. The van der Waals surface area contributed by atoms with Gasteiger partial charge in [0.05, 0.1) is 0 Å². The van der Waals surface area contributed by atoms with Gasteiger partial charge in [-0.25, -0.2) is 8.78 Å². The minimum atomic E-state index is -3.69. The molecule has 0 spiro atoms. The topological polar surface area (TPSA) is 75.4 Å². The van der Waals surface area contributed by atoms with Gasteiger partial charge >= 0.3 is 0 Å². The molecule has 1 aliphatic heterocycles. The molecule has 0 saturated carbocycles. The van der Waals surface area contributed by atoms with Crippen molar-refractivity contribution < 1.29 is 17.2 Å². The first-order valence-corrected chi connectivity index (χ1v) is 8.25. The summed E-state index contributed by atoms with van der Waals surface area (Å²) in [4.78, 5) is 0. The van der Waals surface area contributed by atoms with Crippen LogP contribution < -0.4 is 10.5 Å². The van der Waals surface area contributed by atoms with Crippen molar-refractivity contribution in [2.24, 2.45) is 11.7 Å². The van der Waals surface area contributed by atoms with Crippen molar-refractivity contribution in [1.29, 1.82) is 0 Å². The highest BCUT2D eigenvalue weighted by molar-refractivity contribution is 7.87. The van der Waals surface area contributed by atoms with Crippen LogP contribution in [0, 0.1) is 17.6 Å². The number of nitrogens with one attached hydrogen (secondary N) is 1. The fraction of sp³-hybridized carbons (Fsp3) is 0.538. The lowest BCUT2D eigenvalue weighted by Gasteiger charge is -2.30. The summed E-state index contributed by atoms with van der Waals surface area (Å²) in [5.41, 5.74) is 5.54. The number of nitrogens with two attached hydrogens (primary N) is 1. The quantitative estimate of drug-likeness (QED) is 0.849. The molecule has 1 saturated heterocycles. The molecule has 118 valence electrons. The van der Waals surface area contributed by atoms with Crippen LogP contribution in [0.5, 0.6) is 0 Å². The molecule has 21 heavy (non-hydrogen) atoms. The summed E-state index contributed by atoms with van der Waals surface area (Å²) in [5, 5.41) is 0. The van der Waals surface area contributed by atoms with Crippen LogP contribution in [0.15, 0.2) is 18.2 Å². The van der Waals surface area contributed by atoms with Crippen LogP contribution in [-0.2, 0) is 16.8 Å². The summed E-state index contributed by atoms with van der Waals surface area (Å²) in [6.45, 7) is 1.06. The number of hydrogen-bond acceptors (Lipinski definition) is 3. The van der Waals surface area contributed by atoms with Gasteiger partial charge < -0.3 is 5.73 Å². The van der Waals surface area contributed by atoms with Crippen molar-refractivity contribution in [3.8, 4) is 0 Å². The van der Waals surface area contributed by atoms with Crippen molar-refractivity contribution in [3.63, 3.8) is 0 Å². The van der Waals surface area contributed by atoms with Crippen molar-refractivity contribution in [3.05, 3.63) is 35.4 Å². The van der Waals surface area contributed by atoms with Gasteiger partial charge in [-0.2, -0.15) is 17.4 Å². The average molecular weight is 319 g/mol. The maximum atomic E-state index is 13.5.